The van der Waals surface area contributed by atoms with Gasteiger partial charge in [-0.2, -0.15) is 0 Å². The molecule has 0 bridgehead atoms. The average Bonchev–Trinajstić information content (AvgIpc) is 3.04. The van der Waals surface area contributed by atoms with Crippen LogP contribution < -0.4 is 5.73 Å². The minimum absolute atomic E-state index is 0.246. The highest BCUT2D eigenvalue weighted by Crippen LogP contribution is 2.56. The molecule has 1 aromatic carbocycles. The third-order valence-corrected chi connectivity index (χ3v) is 4.20. The Hall–Kier alpha value is -1.32. The second-order valence-corrected chi connectivity index (χ2v) is 5.62. The van der Waals surface area contributed by atoms with E-state index in [-0.39, 0.29) is 5.41 Å². The van der Waals surface area contributed by atoms with Gasteiger partial charge >= 0.3 is 0 Å². The normalized spacial score (nSPS) is 19.3. The Morgan fingerprint density at radius 2 is 2.06 bits per heavy atom. The first-order valence-electron chi connectivity index (χ1n) is 6.50. The summed E-state index contributed by atoms with van der Waals surface area (Å²) in [6.07, 6.45) is 4.34. The average molecular weight is 244 g/mol. The molecule has 2 N–H and O–H groups in total. The van der Waals surface area contributed by atoms with Gasteiger partial charge in [-0.05, 0) is 39.5 Å². The van der Waals surface area contributed by atoms with Gasteiger partial charge in [0.25, 0.3) is 0 Å². The van der Waals surface area contributed by atoms with Crippen molar-refractivity contribution >= 4 is 11.0 Å². The quantitative estimate of drug-likeness (QED) is 0.899. The fourth-order valence-electron chi connectivity index (χ4n) is 3.12. The maximum atomic E-state index is 6.00. The van der Waals surface area contributed by atoms with Crippen molar-refractivity contribution in [2.75, 3.05) is 20.6 Å². The number of nitrogens with two attached hydrogens (primary N) is 1. The second-order valence-electron chi connectivity index (χ2n) is 5.62. The van der Waals surface area contributed by atoms with E-state index in [1.807, 2.05) is 18.4 Å². The third kappa shape index (κ3) is 1.66. The second kappa shape index (κ2) is 4.11. The molecule has 0 amide bonds. The van der Waals surface area contributed by atoms with Crippen LogP contribution in [0.4, 0.5) is 0 Å². The van der Waals surface area contributed by atoms with Crippen LogP contribution in [-0.2, 0) is 0 Å². The zero-order valence-corrected chi connectivity index (χ0v) is 11.0. The van der Waals surface area contributed by atoms with Gasteiger partial charge in [0, 0.05) is 22.4 Å². The molecule has 1 heterocycles. The monoisotopic (exact) mass is 244 g/mol. The van der Waals surface area contributed by atoms with Crippen molar-refractivity contribution < 1.29 is 4.42 Å². The van der Waals surface area contributed by atoms with E-state index < -0.39 is 0 Å². The molecular weight excluding hydrogens is 224 g/mol. The van der Waals surface area contributed by atoms with Crippen LogP contribution >= 0.6 is 0 Å². The van der Waals surface area contributed by atoms with Crippen molar-refractivity contribution in [2.24, 2.45) is 11.1 Å². The molecule has 3 nitrogen and oxygen atoms in total. The SMILES string of the molecule is CN(C)C(c1coc2ccccc12)C1(CN)CC1. The van der Waals surface area contributed by atoms with Crippen LogP contribution in [0.15, 0.2) is 34.9 Å². The summed E-state index contributed by atoms with van der Waals surface area (Å²) in [7, 11) is 4.25. The molecule has 1 atom stereocenters. The number of rotatable bonds is 4. The van der Waals surface area contributed by atoms with Gasteiger partial charge in [0.05, 0.1) is 6.26 Å². The Labute approximate surface area is 108 Å². The van der Waals surface area contributed by atoms with Gasteiger partial charge in [-0.3, -0.25) is 0 Å². The Morgan fingerprint density at radius 1 is 1.33 bits per heavy atom. The summed E-state index contributed by atoms with van der Waals surface area (Å²) in [5.74, 6) is 0. The van der Waals surface area contributed by atoms with Gasteiger partial charge in [0.1, 0.15) is 5.58 Å². The lowest BCUT2D eigenvalue weighted by atomic mass is 9.89. The largest absolute Gasteiger partial charge is 0.464 e. The van der Waals surface area contributed by atoms with Crippen LogP contribution in [-0.4, -0.2) is 25.5 Å². The molecule has 96 valence electrons. The van der Waals surface area contributed by atoms with Gasteiger partial charge < -0.3 is 15.1 Å². The minimum Gasteiger partial charge on any atom is -0.464 e. The predicted octanol–water partition coefficient (Wildman–Crippen LogP) is 2.77. The van der Waals surface area contributed by atoms with Crippen LogP contribution in [0.1, 0.15) is 24.4 Å². The predicted molar refractivity (Wildman–Crippen MR) is 73.4 cm³/mol. The lowest BCUT2D eigenvalue weighted by Gasteiger charge is -2.31. The van der Waals surface area contributed by atoms with E-state index in [0.717, 1.165) is 12.1 Å². The van der Waals surface area contributed by atoms with Gasteiger partial charge in [-0.15, -0.1) is 0 Å². The zero-order valence-electron chi connectivity index (χ0n) is 11.0. The first kappa shape index (κ1) is 11.8. The molecule has 0 aliphatic heterocycles. The Bertz CT molecular complexity index is 554. The summed E-state index contributed by atoms with van der Waals surface area (Å²) in [6.45, 7) is 0.745. The van der Waals surface area contributed by atoms with E-state index in [2.05, 4.69) is 31.1 Å². The molecule has 3 heteroatoms. The summed E-state index contributed by atoms with van der Waals surface area (Å²) in [4.78, 5) is 2.27. The van der Waals surface area contributed by atoms with Gasteiger partial charge in [0.2, 0.25) is 0 Å². The molecule has 1 fully saturated rings. The van der Waals surface area contributed by atoms with E-state index >= 15 is 0 Å². The van der Waals surface area contributed by atoms with E-state index in [0.29, 0.717) is 6.04 Å². The van der Waals surface area contributed by atoms with E-state index in [9.17, 15) is 0 Å². The van der Waals surface area contributed by atoms with Gasteiger partial charge in [-0.1, -0.05) is 18.2 Å². The zero-order chi connectivity index (χ0) is 12.8. The van der Waals surface area contributed by atoms with Crippen LogP contribution in [0, 0.1) is 5.41 Å². The number of para-hydroxylation sites is 1. The van der Waals surface area contributed by atoms with Gasteiger partial charge in [-0.25, -0.2) is 0 Å². The fourth-order valence-corrected chi connectivity index (χ4v) is 3.12. The summed E-state index contributed by atoms with van der Waals surface area (Å²) in [6, 6.07) is 8.59. The van der Waals surface area contributed by atoms with Crippen molar-refractivity contribution in [1.29, 1.82) is 0 Å². The number of fused-ring (bicyclic) bond motifs is 1. The van der Waals surface area contributed by atoms with Crippen molar-refractivity contribution in [3.8, 4) is 0 Å². The van der Waals surface area contributed by atoms with Crippen LogP contribution in [0.25, 0.3) is 11.0 Å². The van der Waals surface area contributed by atoms with Crippen molar-refractivity contribution in [2.45, 2.75) is 18.9 Å². The summed E-state index contributed by atoms with van der Waals surface area (Å²) < 4.78 is 5.68. The highest BCUT2D eigenvalue weighted by atomic mass is 16.3. The molecule has 1 aliphatic rings. The number of nitrogens with zero attached hydrogens (tertiary/aromatic N) is 1. The Morgan fingerprint density at radius 3 is 2.67 bits per heavy atom. The molecule has 1 saturated carbocycles. The van der Waals surface area contributed by atoms with Crippen molar-refractivity contribution in [3.63, 3.8) is 0 Å². The number of hydrogen-bond acceptors (Lipinski definition) is 3. The summed E-state index contributed by atoms with van der Waals surface area (Å²) in [5, 5.41) is 1.22. The number of benzene rings is 1. The molecule has 1 aliphatic carbocycles. The fraction of sp³-hybridized carbons (Fsp3) is 0.467. The summed E-state index contributed by atoms with van der Waals surface area (Å²) in [5.41, 5.74) is 8.49. The molecule has 0 saturated heterocycles. The lowest BCUT2D eigenvalue weighted by Crippen LogP contribution is -2.33. The topological polar surface area (TPSA) is 42.4 Å². The van der Waals surface area contributed by atoms with Crippen LogP contribution in [0.3, 0.4) is 0 Å². The Balaban J connectivity index is 2.10. The van der Waals surface area contributed by atoms with E-state index in [4.69, 9.17) is 10.2 Å². The standard InChI is InChI=1S/C15H20N2O/c1-17(2)14(15(10-16)7-8-15)12-9-18-13-6-4-3-5-11(12)13/h3-6,9,14H,7-8,10,16H2,1-2H3. The number of hydrogen-bond donors (Lipinski definition) is 1. The van der Waals surface area contributed by atoms with E-state index in [1.54, 1.807) is 0 Å². The third-order valence-electron chi connectivity index (χ3n) is 4.20. The molecule has 0 radical (unpaired) electrons. The maximum absolute atomic E-state index is 6.00. The van der Waals surface area contributed by atoms with Crippen molar-refractivity contribution in [3.05, 3.63) is 36.1 Å². The number of furan rings is 1. The summed E-state index contributed by atoms with van der Waals surface area (Å²) >= 11 is 0. The molecule has 3 rings (SSSR count). The van der Waals surface area contributed by atoms with Crippen LogP contribution in [0.5, 0.6) is 0 Å². The van der Waals surface area contributed by atoms with Crippen molar-refractivity contribution in [1.82, 2.24) is 4.90 Å². The lowest BCUT2D eigenvalue weighted by molar-refractivity contribution is 0.199. The Kier molecular flexibility index (Phi) is 2.68. The maximum Gasteiger partial charge on any atom is 0.134 e. The van der Waals surface area contributed by atoms with E-state index in [1.165, 1.54) is 23.8 Å². The first-order valence-corrected chi connectivity index (χ1v) is 6.50. The molecule has 18 heavy (non-hydrogen) atoms. The highest BCUT2D eigenvalue weighted by molar-refractivity contribution is 5.81. The molecule has 1 unspecified atom stereocenters. The van der Waals surface area contributed by atoms with Gasteiger partial charge in [0.15, 0.2) is 0 Å². The highest BCUT2D eigenvalue weighted by Gasteiger charge is 2.50. The molecule has 2 aromatic rings. The minimum atomic E-state index is 0.246. The smallest absolute Gasteiger partial charge is 0.134 e. The molecule has 1 aromatic heterocycles. The molecule has 0 spiro atoms. The molecular formula is C15H20N2O. The first-order chi connectivity index (χ1) is 8.68. The van der Waals surface area contributed by atoms with Crippen LogP contribution in [0.2, 0.25) is 0 Å².